The summed E-state index contributed by atoms with van der Waals surface area (Å²) in [5, 5.41) is 12.3. The van der Waals surface area contributed by atoms with E-state index < -0.39 is 5.97 Å². The smallest absolute Gasteiger partial charge is 0.341 e. The predicted octanol–water partition coefficient (Wildman–Crippen LogP) is 3.41. The van der Waals surface area contributed by atoms with E-state index in [0.29, 0.717) is 35.8 Å². The standard InChI is InChI=1S/C25H26N2O6/c1-4-31-25(29)21-7-5-17(12-24(21)33-15-30-3)22-11-18(14-26)20-8-6-19(13-23(20)22)32-10-9-27-16(2)28/h5-8,11-13,22H,4,9-10,15H2,1-3H3,(H,27,28). The van der Waals surface area contributed by atoms with Crippen LogP contribution in [0.1, 0.15) is 46.8 Å². The number of hydrogen-bond acceptors (Lipinski definition) is 7. The summed E-state index contributed by atoms with van der Waals surface area (Å²) < 4.78 is 21.5. The van der Waals surface area contributed by atoms with Crippen molar-refractivity contribution in [3.8, 4) is 17.6 Å². The van der Waals surface area contributed by atoms with Gasteiger partial charge in [-0.15, -0.1) is 0 Å². The Morgan fingerprint density at radius 1 is 1.15 bits per heavy atom. The summed E-state index contributed by atoms with van der Waals surface area (Å²) in [6.45, 7) is 4.13. The SMILES string of the molecule is CCOC(=O)c1ccc(C2C=C(C#N)c3ccc(OCCNC(C)=O)cc32)cc1OCOC. The molecule has 1 aliphatic carbocycles. The van der Waals surface area contributed by atoms with Gasteiger partial charge < -0.3 is 24.3 Å². The van der Waals surface area contributed by atoms with E-state index in [1.54, 1.807) is 25.1 Å². The molecule has 3 rings (SSSR count). The van der Waals surface area contributed by atoms with E-state index in [0.717, 1.165) is 16.7 Å². The fourth-order valence-electron chi connectivity index (χ4n) is 3.60. The third-order valence-electron chi connectivity index (χ3n) is 5.04. The van der Waals surface area contributed by atoms with Crippen molar-refractivity contribution in [1.82, 2.24) is 5.32 Å². The molecule has 0 saturated carbocycles. The molecule has 0 aliphatic heterocycles. The van der Waals surface area contributed by atoms with Crippen LogP contribution >= 0.6 is 0 Å². The summed E-state index contributed by atoms with van der Waals surface area (Å²) in [6.07, 6.45) is 1.88. The van der Waals surface area contributed by atoms with Crippen LogP contribution in [0.4, 0.5) is 0 Å². The number of carbonyl (C=O) groups is 2. The maximum absolute atomic E-state index is 12.3. The quantitative estimate of drug-likeness (QED) is 0.336. The number of nitriles is 1. The largest absolute Gasteiger partial charge is 0.492 e. The van der Waals surface area contributed by atoms with Crippen LogP contribution in [0, 0.1) is 11.3 Å². The molecule has 8 nitrogen and oxygen atoms in total. The highest BCUT2D eigenvalue weighted by atomic mass is 16.7. The molecule has 172 valence electrons. The Kier molecular flexibility index (Phi) is 8.06. The van der Waals surface area contributed by atoms with Gasteiger partial charge in [0.2, 0.25) is 5.91 Å². The molecule has 1 N–H and O–H groups in total. The lowest BCUT2D eigenvalue weighted by atomic mass is 9.92. The molecule has 0 bridgehead atoms. The predicted molar refractivity (Wildman–Crippen MR) is 121 cm³/mol. The Bertz CT molecular complexity index is 1100. The number of benzene rings is 2. The van der Waals surface area contributed by atoms with Crippen LogP contribution in [0.5, 0.6) is 11.5 Å². The second-order valence-corrected chi connectivity index (χ2v) is 7.28. The van der Waals surface area contributed by atoms with E-state index >= 15 is 0 Å². The summed E-state index contributed by atoms with van der Waals surface area (Å²) >= 11 is 0. The monoisotopic (exact) mass is 450 g/mol. The highest BCUT2D eigenvalue weighted by Crippen LogP contribution is 2.42. The van der Waals surface area contributed by atoms with Crippen molar-refractivity contribution in [3.63, 3.8) is 0 Å². The summed E-state index contributed by atoms with van der Waals surface area (Å²) in [5.74, 6) is 0.152. The average molecular weight is 450 g/mol. The van der Waals surface area contributed by atoms with Gasteiger partial charge in [0.25, 0.3) is 0 Å². The van der Waals surface area contributed by atoms with Crippen LogP contribution in [0.3, 0.4) is 0 Å². The molecule has 0 heterocycles. The second kappa shape index (κ2) is 11.2. The van der Waals surface area contributed by atoms with Crippen molar-refractivity contribution in [2.45, 2.75) is 19.8 Å². The number of amides is 1. The second-order valence-electron chi connectivity index (χ2n) is 7.28. The van der Waals surface area contributed by atoms with Gasteiger partial charge >= 0.3 is 5.97 Å². The number of methoxy groups -OCH3 is 1. The van der Waals surface area contributed by atoms with Crippen molar-refractivity contribution in [2.75, 3.05) is 33.7 Å². The van der Waals surface area contributed by atoms with Crippen molar-refractivity contribution in [3.05, 3.63) is 64.7 Å². The number of fused-ring (bicyclic) bond motifs is 1. The molecule has 2 aromatic carbocycles. The number of esters is 1. The number of allylic oxidation sites excluding steroid dienone is 2. The number of nitrogens with one attached hydrogen (secondary N) is 1. The number of hydrogen-bond donors (Lipinski definition) is 1. The first-order valence-electron chi connectivity index (χ1n) is 10.5. The highest BCUT2D eigenvalue weighted by molar-refractivity contribution is 5.93. The van der Waals surface area contributed by atoms with Gasteiger partial charge in [-0.1, -0.05) is 12.1 Å². The van der Waals surface area contributed by atoms with Crippen molar-refractivity contribution < 1.29 is 28.5 Å². The number of ether oxygens (including phenoxy) is 4. The Balaban J connectivity index is 1.92. The lowest BCUT2D eigenvalue weighted by Crippen LogP contribution is -2.25. The van der Waals surface area contributed by atoms with Crippen LogP contribution < -0.4 is 14.8 Å². The number of rotatable bonds is 10. The minimum absolute atomic E-state index is 0.0251. The zero-order valence-electron chi connectivity index (χ0n) is 18.8. The van der Waals surface area contributed by atoms with E-state index in [1.807, 2.05) is 24.3 Å². The van der Waals surface area contributed by atoms with Crippen LogP contribution in [0.15, 0.2) is 42.5 Å². The molecule has 2 aromatic rings. The van der Waals surface area contributed by atoms with E-state index in [1.165, 1.54) is 14.0 Å². The first kappa shape index (κ1) is 23.8. The number of nitrogens with zero attached hydrogens (tertiary/aromatic N) is 1. The zero-order chi connectivity index (χ0) is 23.8. The molecule has 0 fully saturated rings. The van der Waals surface area contributed by atoms with Crippen molar-refractivity contribution in [1.29, 1.82) is 5.26 Å². The third kappa shape index (κ3) is 5.70. The molecule has 8 heteroatoms. The fourth-order valence-corrected chi connectivity index (χ4v) is 3.60. The van der Waals surface area contributed by atoms with Gasteiger partial charge in [0.15, 0.2) is 6.79 Å². The zero-order valence-corrected chi connectivity index (χ0v) is 18.8. The summed E-state index contributed by atoms with van der Waals surface area (Å²) in [6, 6.07) is 13.0. The van der Waals surface area contributed by atoms with Crippen LogP contribution in [0.25, 0.3) is 5.57 Å². The molecule has 0 spiro atoms. The van der Waals surface area contributed by atoms with Gasteiger partial charge in [-0.05, 0) is 53.9 Å². The Hall–Kier alpha value is -3.83. The van der Waals surface area contributed by atoms with Crippen LogP contribution in [-0.4, -0.2) is 45.5 Å². The summed E-state index contributed by atoms with van der Waals surface area (Å²) in [7, 11) is 1.50. The molecular weight excluding hydrogens is 424 g/mol. The average Bonchev–Trinajstić information content (AvgIpc) is 3.18. The Labute approximate surface area is 192 Å². The molecule has 1 aliphatic rings. The first-order chi connectivity index (χ1) is 16.0. The van der Waals surface area contributed by atoms with Gasteiger partial charge in [0.05, 0.1) is 24.8 Å². The molecular formula is C25H26N2O6. The van der Waals surface area contributed by atoms with E-state index in [2.05, 4.69) is 11.4 Å². The van der Waals surface area contributed by atoms with Gasteiger partial charge in [0.1, 0.15) is 23.7 Å². The minimum Gasteiger partial charge on any atom is -0.492 e. The first-order valence-corrected chi connectivity index (χ1v) is 10.5. The Morgan fingerprint density at radius 2 is 1.97 bits per heavy atom. The van der Waals surface area contributed by atoms with Crippen molar-refractivity contribution >= 4 is 17.4 Å². The summed E-state index contributed by atoms with van der Waals surface area (Å²) in [5.41, 5.74) is 3.44. The molecule has 0 radical (unpaired) electrons. The summed E-state index contributed by atoms with van der Waals surface area (Å²) in [4.78, 5) is 23.4. The maximum atomic E-state index is 12.3. The lowest BCUT2D eigenvalue weighted by Gasteiger charge is -2.17. The highest BCUT2D eigenvalue weighted by Gasteiger charge is 2.27. The molecule has 1 unspecified atom stereocenters. The lowest BCUT2D eigenvalue weighted by molar-refractivity contribution is -0.119. The number of carbonyl (C=O) groups excluding carboxylic acids is 2. The van der Waals surface area contributed by atoms with Gasteiger partial charge in [-0.25, -0.2) is 4.79 Å². The van der Waals surface area contributed by atoms with E-state index in [9.17, 15) is 14.9 Å². The van der Waals surface area contributed by atoms with Gasteiger partial charge in [0, 0.05) is 20.0 Å². The van der Waals surface area contributed by atoms with Crippen molar-refractivity contribution in [2.24, 2.45) is 0 Å². The molecule has 0 aromatic heterocycles. The third-order valence-corrected chi connectivity index (χ3v) is 5.04. The molecule has 1 amide bonds. The molecule has 1 atom stereocenters. The maximum Gasteiger partial charge on any atom is 0.341 e. The normalized spacial score (nSPS) is 14.0. The van der Waals surface area contributed by atoms with Crippen LogP contribution in [-0.2, 0) is 14.3 Å². The molecule has 33 heavy (non-hydrogen) atoms. The van der Waals surface area contributed by atoms with E-state index in [4.69, 9.17) is 18.9 Å². The van der Waals surface area contributed by atoms with Gasteiger partial charge in [-0.2, -0.15) is 5.26 Å². The van der Waals surface area contributed by atoms with Crippen LogP contribution in [0.2, 0.25) is 0 Å². The minimum atomic E-state index is -0.481. The fraction of sp³-hybridized carbons (Fsp3) is 0.320. The topological polar surface area (TPSA) is 107 Å². The Morgan fingerprint density at radius 3 is 2.67 bits per heavy atom. The van der Waals surface area contributed by atoms with E-state index in [-0.39, 0.29) is 25.2 Å². The molecule has 0 saturated heterocycles. The van der Waals surface area contributed by atoms with Gasteiger partial charge in [-0.3, -0.25) is 4.79 Å².